The van der Waals surface area contributed by atoms with Crippen molar-refractivity contribution in [1.82, 2.24) is 0 Å². The molecule has 0 saturated carbocycles. The van der Waals surface area contributed by atoms with Crippen LogP contribution in [0.4, 0.5) is 0 Å². The van der Waals surface area contributed by atoms with E-state index in [9.17, 15) is 0 Å². The van der Waals surface area contributed by atoms with Gasteiger partial charge in [-0.1, -0.05) is 72.9 Å². The third-order valence-electron chi connectivity index (χ3n) is 4.49. The zero-order valence-corrected chi connectivity index (χ0v) is 19.2. The van der Waals surface area contributed by atoms with Crippen LogP contribution in [0.1, 0.15) is 54.2 Å². The number of rotatable bonds is 3. The van der Waals surface area contributed by atoms with E-state index in [4.69, 9.17) is 0 Å². The number of benzene rings is 2. The Balaban J connectivity index is 2.56. The molecule has 2 heteroatoms. The van der Waals surface area contributed by atoms with Crippen LogP contribution in [-0.4, -0.2) is 5.03 Å². The largest absolute Gasteiger partial charge is 0.0632 e. The fraction of sp³-hybridized carbons (Fsp3) is 0.435. The molecular weight excluding hydrogens is 338 g/mol. The molecule has 0 amide bonds. The highest BCUT2D eigenvalue weighted by molar-refractivity contribution is 7.80. The summed E-state index contributed by atoms with van der Waals surface area (Å²) in [6.07, 6.45) is 0. The molecule has 0 heterocycles. The first-order chi connectivity index (χ1) is 11.5. The van der Waals surface area contributed by atoms with E-state index < -0.39 is 0 Å². The Hall–Kier alpha value is -0.960. The van der Waals surface area contributed by atoms with Crippen LogP contribution in [0, 0.1) is 47.0 Å². The minimum Gasteiger partial charge on any atom is -0.0632 e. The third kappa shape index (κ3) is 5.03. The molecule has 0 saturated heterocycles. The molecule has 0 spiro atoms. The molecule has 0 N–H and O–H groups in total. The van der Waals surface area contributed by atoms with Gasteiger partial charge in [0.15, 0.2) is 0 Å². The number of hydrogen-bond acceptors (Lipinski definition) is 0. The molecule has 1 atom stereocenters. The highest BCUT2D eigenvalue weighted by Crippen LogP contribution is 2.35. The van der Waals surface area contributed by atoms with Gasteiger partial charge in [0, 0.05) is 5.30 Å². The Kier molecular flexibility index (Phi) is 6.30. The summed E-state index contributed by atoms with van der Waals surface area (Å²) >= 11 is 0. The van der Waals surface area contributed by atoms with Crippen LogP contribution in [0.15, 0.2) is 24.3 Å². The van der Waals surface area contributed by atoms with Crippen LogP contribution in [0.25, 0.3) is 0 Å². The van der Waals surface area contributed by atoms with Gasteiger partial charge in [-0.3, -0.25) is 0 Å². The van der Waals surface area contributed by atoms with Crippen molar-refractivity contribution < 1.29 is 0 Å². The predicted molar refractivity (Wildman–Crippen MR) is 120 cm³/mol. The minimum atomic E-state index is 0.202. The van der Waals surface area contributed by atoms with Crippen molar-refractivity contribution in [2.45, 2.75) is 62.3 Å². The number of aryl methyl sites for hydroxylation is 6. The quantitative estimate of drug-likeness (QED) is 0.557. The minimum absolute atomic E-state index is 0.202. The first-order valence-corrected chi connectivity index (χ1v) is 10.9. The molecule has 0 fully saturated rings. The average molecular weight is 370 g/mol. The second-order valence-corrected chi connectivity index (χ2v) is 11.1. The number of hydrogen-bond donors (Lipinski definition) is 0. The average Bonchev–Trinajstić information content (AvgIpc) is 2.42. The van der Waals surface area contributed by atoms with Gasteiger partial charge in [0.05, 0.1) is 0 Å². The van der Waals surface area contributed by atoms with Gasteiger partial charge in [-0.2, -0.15) is 0 Å². The second kappa shape index (κ2) is 7.73. The molecule has 2 rings (SSSR count). The molecule has 2 aromatic carbocycles. The van der Waals surface area contributed by atoms with Crippen LogP contribution < -0.4 is 10.6 Å². The Bertz CT molecular complexity index is 774. The second-order valence-electron chi connectivity index (χ2n) is 8.36. The lowest BCUT2D eigenvalue weighted by molar-refractivity contribution is 0.610. The lowest BCUT2D eigenvalue weighted by Crippen LogP contribution is -2.20. The first-order valence-electron chi connectivity index (χ1n) is 9.01. The molecule has 0 aliphatic heterocycles. The van der Waals surface area contributed by atoms with Gasteiger partial charge in [-0.05, 0) is 79.6 Å². The van der Waals surface area contributed by atoms with Crippen molar-refractivity contribution >= 4 is 32.4 Å². The lowest BCUT2D eigenvalue weighted by Gasteiger charge is -2.25. The maximum atomic E-state index is 2.36. The molecular formula is C23H32P2. The highest BCUT2D eigenvalue weighted by atomic mass is 31.1. The van der Waals surface area contributed by atoms with E-state index in [0.29, 0.717) is 0 Å². The van der Waals surface area contributed by atoms with Crippen LogP contribution in [-0.2, 0) is 0 Å². The third-order valence-corrected chi connectivity index (χ3v) is 9.01. The molecule has 2 aromatic rings. The van der Waals surface area contributed by atoms with E-state index >= 15 is 0 Å². The summed E-state index contributed by atoms with van der Waals surface area (Å²) in [7, 11) is 2.16. The summed E-state index contributed by atoms with van der Waals surface area (Å²) in [5, 5.41) is 4.65. The van der Waals surface area contributed by atoms with Gasteiger partial charge in [-0.15, -0.1) is 0 Å². The first kappa shape index (κ1) is 20.4. The lowest BCUT2D eigenvalue weighted by atomic mass is 10.0. The maximum Gasteiger partial charge on any atom is 0.00796 e. The summed E-state index contributed by atoms with van der Waals surface area (Å²) in [5.74, 6) is 0. The van der Waals surface area contributed by atoms with Crippen LogP contribution in [0.2, 0.25) is 0 Å². The standard InChI is InChI=1S/C23H32P2/c1-14-10-16(3)20(17(4)11-14)24-22(23(7,8)9)25-21-18(5)12-15(2)13-19(21)6/h10-13,24H,1-9H3. The fourth-order valence-electron chi connectivity index (χ4n) is 3.34. The molecule has 0 aliphatic carbocycles. The summed E-state index contributed by atoms with van der Waals surface area (Å²) in [6.45, 7) is 20.5. The van der Waals surface area contributed by atoms with E-state index in [2.05, 4.69) is 86.6 Å². The van der Waals surface area contributed by atoms with Gasteiger partial charge in [0.2, 0.25) is 0 Å². The SMILES string of the molecule is Cc1cc(C)c(P=C(Pc2c(C)cc(C)cc2C)C(C)(C)C)c(C)c1. The van der Waals surface area contributed by atoms with Gasteiger partial charge < -0.3 is 0 Å². The van der Waals surface area contributed by atoms with Crippen molar-refractivity contribution in [3.63, 3.8) is 0 Å². The fourth-order valence-corrected chi connectivity index (χ4v) is 6.43. The smallest absolute Gasteiger partial charge is 0.00796 e. The Morgan fingerprint density at radius 3 is 1.52 bits per heavy atom. The van der Waals surface area contributed by atoms with Gasteiger partial charge in [0.25, 0.3) is 0 Å². The molecule has 0 nitrogen and oxygen atoms in total. The molecule has 134 valence electrons. The zero-order valence-electron chi connectivity index (χ0n) is 17.3. The van der Waals surface area contributed by atoms with Crippen molar-refractivity contribution in [3.8, 4) is 0 Å². The van der Waals surface area contributed by atoms with E-state index in [1.165, 1.54) is 52.2 Å². The molecule has 0 bridgehead atoms. The van der Waals surface area contributed by atoms with Crippen molar-refractivity contribution in [1.29, 1.82) is 0 Å². The Labute approximate surface area is 158 Å². The van der Waals surface area contributed by atoms with E-state index in [-0.39, 0.29) is 5.41 Å². The molecule has 25 heavy (non-hydrogen) atoms. The Morgan fingerprint density at radius 1 is 0.720 bits per heavy atom. The Morgan fingerprint density at radius 2 is 1.12 bits per heavy atom. The van der Waals surface area contributed by atoms with Crippen LogP contribution >= 0.6 is 16.8 Å². The topological polar surface area (TPSA) is 0 Å². The molecule has 0 radical (unpaired) electrons. The summed E-state index contributed by atoms with van der Waals surface area (Å²) in [6, 6.07) is 9.30. The van der Waals surface area contributed by atoms with Crippen LogP contribution in [0.3, 0.4) is 0 Å². The maximum absolute atomic E-state index is 2.36. The van der Waals surface area contributed by atoms with Crippen LogP contribution in [0.5, 0.6) is 0 Å². The van der Waals surface area contributed by atoms with Gasteiger partial charge >= 0.3 is 0 Å². The summed E-state index contributed by atoms with van der Waals surface area (Å²) < 4.78 is 0. The summed E-state index contributed by atoms with van der Waals surface area (Å²) in [4.78, 5) is 0. The zero-order chi connectivity index (χ0) is 18.9. The van der Waals surface area contributed by atoms with Crippen molar-refractivity contribution in [2.24, 2.45) is 5.41 Å². The summed E-state index contributed by atoms with van der Waals surface area (Å²) in [5.41, 5.74) is 8.64. The molecule has 0 aliphatic rings. The monoisotopic (exact) mass is 370 g/mol. The van der Waals surface area contributed by atoms with E-state index in [1.54, 1.807) is 5.03 Å². The molecule has 0 aromatic heterocycles. The normalized spacial score (nSPS) is 13.1. The van der Waals surface area contributed by atoms with Gasteiger partial charge in [0.1, 0.15) is 0 Å². The molecule has 1 unspecified atom stereocenters. The van der Waals surface area contributed by atoms with Crippen molar-refractivity contribution in [2.75, 3.05) is 0 Å². The highest BCUT2D eigenvalue weighted by Gasteiger charge is 2.21. The van der Waals surface area contributed by atoms with Gasteiger partial charge in [-0.25, -0.2) is 0 Å². The predicted octanol–water partition coefficient (Wildman–Crippen LogP) is 6.29. The van der Waals surface area contributed by atoms with E-state index in [0.717, 1.165) is 8.58 Å². The van der Waals surface area contributed by atoms with Crippen molar-refractivity contribution in [3.05, 3.63) is 57.6 Å². The van der Waals surface area contributed by atoms with E-state index in [1.807, 2.05) is 0 Å².